The van der Waals surface area contributed by atoms with Crippen molar-refractivity contribution < 1.29 is 23.8 Å². The van der Waals surface area contributed by atoms with Gasteiger partial charge in [-0.3, -0.25) is 9.59 Å². The van der Waals surface area contributed by atoms with Crippen LogP contribution in [0.5, 0.6) is 0 Å². The summed E-state index contributed by atoms with van der Waals surface area (Å²) in [5.74, 6) is -0.968. The number of halogens is 1. The lowest BCUT2D eigenvalue weighted by Gasteiger charge is -2.40. The van der Waals surface area contributed by atoms with Crippen molar-refractivity contribution in [2.45, 2.75) is 18.7 Å². The predicted octanol–water partition coefficient (Wildman–Crippen LogP) is 3.41. The number of hydrogen-bond donors (Lipinski definition) is 2. The normalized spacial score (nSPS) is 17.8. The second-order valence-corrected chi connectivity index (χ2v) is 7.90. The molecule has 34 heavy (non-hydrogen) atoms. The number of carbonyl (C=O) groups excluding carboxylic acids is 2. The first-order chi connectivity index (χ1) is 16.5. The van der Waals surface area contributed by atoms with Gasteiger partial charge in [-0.1, -0.05) is 30.3 Å². The summed E-state index contributed by atoms with van der Waals surface area (Å²) < 4.78 is 19.0. The largest absolute Gasteiger partial charge is 0.394 e. The smallest absolute Gasteiger partial charge is 0.255 e. The molecule has 2 amide bonds. The van der Waals surface area contributed by atoms with Gasteiger partial charge in [0.2, 0.25) is 5.91 Å². The van der Waals surface area contributed by atoms with Gasteiger partial charge in [0.05, 0.1) is 24.3 Å². The number of nitrogens with zero attached hydrogens (tertiary/aromatic N) is 2. The second-order valence-electron chi connectivity index (χ2n) is 7.90. The van der Waals surface area contributed by atoms with Crippen molar-refractivity contribution >= 4 is 17.5 Å². The number of benzene rings is 3. The van der Waals surface area contributed by atoms with Crippen LogP contribution < -0.4 is 5.32 Å². The van der Waals surface area contributed by atoms with E-state index in [1.54, 1.807) is 59.5 Å². The van der Waals surface area contributed by atoms with E-state index < -0.39 is 12.1 Å². The van der Waals surface area contributed by atoms with E-state index >= 15 is 0 Å². The van der Waals surface area contributed by atoms with E-state index in [0.29, 0.717) is 16.8 Å². The first-order valence-corrected chi connectivity index (χ1v) is 10.7. The first kappa shape index (κ1) is 23.1. The van der Waals surface area contributed by atoms with Crippen LogP contribution in [-0.4, -0.2) is 41.1 Å². The van der Waals surface area contributed by atoms with Crippen molar-refractivity contribution in [2.24, 2.45) is 0 Å². The molecule has 0 radical (unpaired) electrons. The molecule has 1 aliphatic heterocycles. The van der Waals surface area contributed by atoms with Gasteiger partial charge in [0.15, 0.2) is 0 Å². The molecule has 1 saturated heterocycles. The van der Waals surface area contributed by atoms with Gasteiger partial charge >= 0.3 is 0 Å². The summed E-state index contributed by atoms with van der Waals surface area (Å²) in [7, 11) is 0. The first-order valence-electron chi connectivity index (χ1n) is 10.7. The van der Waals surface area contributed by atoms with E-state index in [2.05, 4.69) is 5.32 Å². The number of carbonyl (C=O) groups is 2. The molecule has 1 heterocycles. The Morgan fingerprint density at radius 3 is 2.56 bits per heavy atom. The lowest BCUT2D eigenvalue weighted by Crippen LogP contribution is -2.52. The zero-order valence-electron chi connectivity index (χ0n) is 18.1. The number of hydrogen-bond acceptors (Lipinski definition) is 5. The summed E-state index contributed by atoms with van der Waals surface area (Å²) in [5.41, 5.74) is 2.79. The molecule has 1 fully saturated rings. The Morgan fingerprint density at radius 1 is 1.15 bits per heavy atom. The van der Waals surface area contributed by atoms with Gasteiger partial charge in [0, 0.05) is 17.8 Å². The van der Waals surface area contributed by atoms with Crippen LogP contribution in [-0.2, 0) is 16.1 Å². The highest BCUT2D eigenvalue weighted by atomic mass is 19.1. The Hall–Kier alpha value is -4.06. The fourth-order valence-corrected chi connectivity index (χ4v) is 3.90. The van der Waals surface area contributed by atoms with Crippen LogP contribution in [0.4, 0.5) is 10.1 Å². The molecule has 3 aromatic carbocycles. The van der Waals surface area contributed by atoms with E-state index in [0.717, 1.165) is 11.1 Å². The Bertz CT molecular complexity index is 1220. The van der Waals surface area contributed by atoms with Crippen LogP contribution in [0.2, 0.25) is 0 Å². The molecule has 3 aromatic rings. The van der Waals surface area contributed by atoms with Crippen LogP contribution >= 0.6 is 0 Å². The highest BCUT2D eigenvalue weighted by molar-refractivity contribution is 6.04. The summed E-state index contributed by atoms with van der Waals surface area (Å²) >= 11 is 0. The maximum absolute atomic E-state index is 13.2. The minimum absolute atomic E-state index is 0.143. The van der Waals surface area contributed by atoms with Crippen molar-refractivity contribution in [3.8, 4) is 6.07 Å². The van der Waals surface area contributed by atoms with Crippen LogP contribution in [0, 0.1) is 17.1 Å². The van der Waals surface area contributed by atoms with E-state index in [-0.39, 0.29) is 37.4 Å². The third kappa shape index (κ3) is 5.12. The second kappa shape index (κ2) is 10.3. The Morgan fingerprint density at radius 2 is 1.88 bits per heavy atom. The number of morpholine rings is 1. The van der Waals surface area contributed by atoms with Crippen molar-refractivity contribution in [3.63, 3.8) is 0 Å². The molecule has 8 heteroatoms. The number of anilines is 1. The number of aliphatic hydroxyl groups excluding tert-OH is 1. The quantitative estimate of drug-likeness (QED) is 0.588. The van der Waals surface area contributed by atoms with Crippen LogP contribution in [0.25, 0.3) is 0 Å². The fourth-order valence-electron chi connectivity index (χ4n) is 3.90. The maximum Gasteiger partial charge on any atom is 0.255 e. The van der Waals surface area contributed by atoms with Crippen LogP contribution in [0.15, 0.2) is 72.8 Å². The number of nitriles is 1. The molecular formula is C26H22FN3O4. The molecule has 2 atom stereocenters. The fraction of sp³-hybridized carbons (Fsp3) is 0.192. The Labute approximate surface area is 196 Å². The monoisotopic (exact) mass is 459 g/mol. The van der Waals surface area contributed by atoms with Crippen LogP contribution in [0.1, 0.15) is 33.2 Å². The molecule has 2 unspecified atom stereocenters. The van der Waals surface area contributed by atoms with Crippen molar-refractivity contribution in [1.82, 2.24) is 4.90 Å². The van der Waals surface area contributed by atoms with E-state index in [4.69, 9.17) is 10.00 Å². The number of aliphatic hydroxyl groups is 1. The topological polar surface area (TPSA) is 103 Å². The number of rotatable bonds is 6. The number of ether oxygens (including phenoxy) is 1. The third-order valence-electron chi connectivity index (χ3n) is 5.66. The predicted molar refractivity (Wildman–Crippen MR) is 122 cm³/mol. The molecule has 0 aliphatic carbocycles. The molecule has 0 saturated carbocycles. The maximum atomic E-state index is 13.2. The van der Waals surface area contributed by atoms with Gasteiger partial charge in [0.1, 0.15) is 18.5 Å². The minimum atomic E-state index is -0.625. The van der Waals surface area contributed by atoms with E-state index in [9.17, 15) is 19.1 Å². The highest BCUT2D eigenvalue weighted by Crippen LogP contribution is 2.31. The SMILES string of the molecule is N#Cc1cccc(C(=O)Nc2ccc(C3OCC(=O)N(Cc4ccc(F)cc4)C3CO)cc2)c1. The average Bonchev–Trinajstić information content (AvgIpc) is 2.87. The van der Waals surface area contributed by atoms with Gasteiger partial charge in [-0.25, -0.2) is 4.39 Å². The van der Waals surface area contributed by atoms with Gasteiger partial charge in [0.25, 0.3) is 5.91 Å². The Kier molecular flexibility index (Phi) is 6.97. The van der Waals surface area contributed by atoms with Gasteiger partial charge in [-0.2, -0.15) is 5.26 Å². The molecule has 172 valence electrons. The molecule has 2 N–H and O–H groups in total. The third-order valence-corrected chi connectivity index (χ3v) is 5.66. The Balaban J connectivity index is 1.48. The summed E-state index contributed by atoms with van der Waals surface area (Å²) in [6.45, 7) is -0.235. The average molecular weight is 459 g/mol. The molecule has 0 spiro atoms. The lowest BCUT2D eigenvalue weighted by molar-refractivity contribution is -0.162. The highest BCUT2D eigenvalue weighted by Gasteiger charge is 2.37. The van der Waals surface area contributed by atoms with Gasteiger partial charge in [-0.15, -0.1) is 0 Å². The summed E-state index contributed by atoms with van der Waals surface area (Å²) in [4.78, 5) is 26.6. The molecule has 0 aromatic heterocycles. The van der Waals surface area contributed by atoms with E-state index in [1.807, 2.05) is 6.07 Å². The summed E-state index contributed by atoms with van der Waals surface area (Å²) in [6, 6.07) is 20.6. The van der Waals surface area contributed by atoms with Gasteiger partial charge in [-0.05, 0) is 53.6 Å². The molecular weight excluding hydrogens is 437 g/mol. The van der Waals surface area contributed by atoms with Crippen molar-refractivity contribution in [3.05, 3.63) is 101 Å². The van der Waals surface area contributed by atoms with Crippen molar-refractivity contribution in [2.75, 3.05) is 18.5 Å². The lowest BCUT2D eigenvalue weighted by atomic mass is 9.98. The van der Waals surface area contributed by atoms with Gasteiger partial charge < -0.3 is 20.1 Å². The number of amides is 2. The standard InChI is InChI=1S/C26H22FN3O4/c27-21-8-4-17(5-9-21)14-30-23(15-31)25(34-16-24(30)32)19-6-10-22(11-7-19)29-26(33)20-3-1-2-18(12-20)13-28/h1-12,23,25,31H,14-16H2,(H,29,33). The molecule has 7 nitrogen and oxygen atoms in total. The molecule has 1 aliphatic rings. The summed E-state index contributed by atoms with van der Waals surface area (Å²) in [6.07, 6.45) is -0.569. The minimum Gasteiger partial charge on any atom is -0.394 e. The van der Waals surface area contributed by atoms with Crippen molar-refractivity contribution in [1.29, 1.82) is 5.26 Å². The molecule has 4 rings (SSSR count). The molecule has 0 bridgehead atoms. The van der Waals surface area contributed by atoms with E-state index in [1.165, 1.54) is 18.2 Å². The zero-order chi connectivity index (χ0) is 24.1. The number of nitrogens with one attached hydrogen (secondary N) is 1. The summed E-state index contributed by atoms with van der Waals surface area (Å²) in [5, 5.41) is 21.9. The zero-order valence-corrected chi connectivity index (χ0v) is 18.1. The van der Waals surface area contributed by atoms with Crippen LogP contribution in [0.3, 0.4) is 0 Å².